The quantitative estimate of drug-likeness (QED) is 0.841. The van der Waals surface area contributed by atoms with Crippen LogP contribution >= 0.6 is 11.3 Å². The zero-order valence-corrected chi connectivity index (χ0v) is 10.9. The van der Waals surface area contributed by atoms with Crippen molar-refractivity contribution in [3.63, 3.8) is 0 Å². The van der Waals surface area contributed by atoms with E-state index in [-0.39, 0.29) is 15.5 Å². The van der Waals surface area contributed by atoms with Gasteiger partial charge in [-0.05, 0) is 19.2 Å². The predicted molar refractivity (Wildman–Crippen MR) is 66.5 cm³/mol. The highest BCUT2D eigenvalue weighted by Gasteiger charge is 2.21. The van der Waals surface area contributed by atoms with Gasteiger partial charge >= 0.3 is 0 Å². The van der Waals surface area contributed by atoms with Gasteiger partial charge in [-0.3, -0.25) is 4.72 Å². The number of thiophene rings is 1. The lowest BCUT2D eigenvalue weighted by Crippen LogP contribution is -2.19. The Morgan fingerprint density at radius 1 is 1.47 bits per heavy atom. The summed E-state index contributed by atoms with van der Waals surface area (Å²) in [5.41, 5.74) is 0.879. The molecule has 2 radical (unpaired) electrons. The van der Waals surface area contributed by atoms with Crippen LogP contribution in [0.5, 0.6) is 0 Å². The summed E-state index contributed by atoms with van der Waals surface area (Å²) in [6, 6.07) is 1.54. The van der Waals surface area contributed by atoms with Crippen LogP contribution in [0.1, 0.15) is 11.3 Å². The lowest BCUT2D eigenvalue weighted by Gasteiger charge is -2.04. The number of nitrogens with zero attached hydrogens (tertiary/aromatic N) is 1. The van der Waals surface area contributed by atoms with Crippen LogP contribution in [0, 0.1) is 13.8 Å². The van der Waals surface area contributed by atoms with Crippen molar-refractivity contribution >= 4 is 40.5 Å². The maximum Gasteiger partial charge on any atom is 0.272 e. The molecule has 0 unspecified atom stereocenters. The standard InChI is InChI=1S/C9H9BN2O3S2/c1-5-6(2)15-11-8(5)12-17(13,14)9-7(10)3-4-16-9/h3-4H,1-2H3,(H,11,12). The highest BCUT2D eigenvalue weighted by Crippen LogP contribution is 2.21. The summed E-state index contributed by atoms with van der Waals surface area (Å²) in [7, 11) is 1.88. The molecule has 0 aliphatic heterocycles. The van der Waals surface area contributed by atoms with Gasteiger partial charge in [0.05, 0.1) is 0 Å². The van der Waals surface area contributed by atoms with Crippen molar-refractivity contribution in [1.82, 2.24) is 5.16 Å². The smallest absolute Gasteiger partial charge is 0.272 e. The Labute approximate surface area is 104 Å². The van der Waals surface area contributed by atoms with E-state index in [9.17, 15) is 8.42 Å². The van der Waals surface area contributed by atoms with Crippen LogP contribution in [0.25, 0.3) is 0 Å². The largest absolute Gasteiger partial charge is 0.359 e. The minimum absolute atomic E-state index is 0.0811. The molecule has 0 spiro atoms. The van der Waals surface area contributed by atoms with E-state index in [0.717, 1.165) is 11.3 Å². The predicted octanol–water partition coefficient (Wildman–Crippen LogP) is 0.948. The van der Waals surface area contributed by atoms with Crippen LogP contribution in [0.3, 0.4) is 0 Å². The molecule has 2 heterocycles. The van der Waals surface area contributed by atoms with E-state index in [2.05, 4.69) is 9.88 Å². The molecule has 2 rings (SSSR count). The van der Waals surface area contributed by atoms with Gasteiger partial charge in [0.1, 0.15) is 17.8 Å². The van der Waals surface area contributed by atoms with Gasteiger partial charge in [-0.25, -0.2) is 8.42 Å². The molecule has 0 amide bonds. The third kappa shape index (κ3) is 2.23. The first-order valence-electron chi connectivity index (χ1n) is 4.70. The van der Waals surface area contributed by atoms with Crippen molar-refractivity contribution in [3.8, 4) is 0 Å². The molecule has 2 aromatic heterocycles. The minimum atomic E-state index is -3.69. The molecule has 17 heavy (non-hydrogen) atoms. The summed E-state index contributed by atoms with van der Waals surface area (Å²) in [6.45, 7) is 3.43. The minimum Gasteiger partial charge on any atom is -0.359 e. The molecule has 0 aromatic carbocycles. The first kappa shape index (κ1) is 12.2. The summed E-state index contributed by atoms with van der Waals surface area (Å²) in [6.07, 6.45) is 0. The number of hydrogen-bond donors (Lipinski definition) is 1. The van der Waals surface area contributed by atoms with E-state index in [0.29, 0.717) is 11.3 Å². The molecule has 1 N–H and O–H groups in total. The molecule has 88 valence electrons. The molecule has 8 heteroatoms. The lowest BCUT2D eigenvalue weighted by molar-refractivity contribution is 0.399. The molecule has 0 bridgehead atoms. The Morgan fingerprint density at radius 2 is 2.18 bits per heavy atom. The molecule has 0 aliphatic rings. The molecule has 2 aromatic rings. The summed E-state index contributed by atoms with van der Waals surface area (Å²) in [4.78, 5) is 0. The molecular formula is C9H9BN2O3S2. The van der Waals surface area contributed by atoms with Crippen molar-refractivity contribution in [2.75, 3.05) is 4.72 Å². The Morgan fingerprint density at radius 3 is 2.65 bits per heavy atom. The second kappa shape index (κ2) is 4.19. The number of aryl methyl sites for hydroxylation is 1. The van der Waals surface area contributed by atoms with E-state index < -0.39 is 10.0 Å². The van der Waals surface area contributed by atoms with Gasteiger partial charge in [0.25, 0.3) is 10.0 Å². The molecule has 0 saturated heterocycles. The topological polar surface area (TPSA) is 72.2 Å². The summed E-state index contributed by atoms with van der Waals surface area (Å²) >= 11 is 1.05. The molecule has 0 saturated carbocycles. The van der Waals surface area contributed by atoms with E-state index >= 15 is 0 Å². The van der Waals surface area contributed by atoms with Crippen LogP contribution in [0.2, 0.25) is 0 Å². The maximum absolute atomic E-state index is 12.0. The second-order valence-corrected chi connectivity index (χ2v) is 6.28. The molecular weight excluding hydrogens is 259 g/mol. The third-order valence-corrected chi connectivity index (χ3v) is 5.15. The van der Waals surface area contributed by atoms with Crippen LogP contribution in [0.4, 0.5) is 5.82 Å². The fourth-order valence-corrected chi connectivity index (χ4v) is 3.47. The van der Waals surface area contributed by atoms with Crippen LogP contribution in [-0.4, -0.2) is 21.4 Å². The highest BCUT2D eigenvalue weighted by atomic mass is 32.2. The van der Waals surface area contributed by atoms with E-state index in [1.165, 1.54) is 0 Å². The van der Waals surface area contributed by atoms with Crippen molar-refractivity contribution in [3.05, 3.63) is 22.8 Å². The van der Waals surface area contributed by atoms with E-state index in [1.807, 2.05) is 0 Å². The first-order valence-corrected chi connectivity index (χ1v) is 7.07. The highest BCUT2D eigenvalue weighted by molar-refractivity contribution is 7.94. The Hall–Kier alpha value is -1.28. The fraction of sp³-hybridized carbons (Fsp3) is 0.222. The number of hydrogen-bond acceptors (Lipinski definition) is 5. The fourth-order valence-electron chi connectivity index (χ4n) is 1.21. The van der Waals surface area contributed by atoms with Gasteiger partial charge in [-0.1, -0.05) is 16.7 Å². The van der Waals surface area contributed by atoms with Crippen LogP contribution in [0.15, 0.2) is 20.2 Å². The first-order chi connectivity index (χ1) is 7.92. The van der Waals surface area contributed by atoms with Crippen molar-refractivity contribution < 1.29 is 12.9 Å². The van der Waals surface area contributed by atoms with Gasteiger partial charge in [-0.15, -0.1) is 11.3 Å². The monoisotopic (exact) mass is 268 g/mol. The average molecular weight is 268 g/mol. The van der Waals surface area contributed by atoms with Gasteiger partial charge < -0.3 is 4.52 Å². The Kier molecular flexibility index (Phi) is 3.01. The average Bonchev–Trinajstić information content (AvgIpc) is 2.80. The Balaban J connectivity index is 2.37. The lowest BCUT2D eigenvalue weighted by atomic mass is 10.0. The normalized spacial score (nSPS) is 11.6. The third-order valence-electron chi connectivity index (χ3n) is 2.29. The Bertz CT molecular complexity index is 645. The van der Waals surface area contributed by atoms with Crippen molar-refractivity contribution in [2.45, 2.75) is 18.1 Å². The van der Waals surface area contributed by atoms with Gasteiger partial charge in [-0.2, -0.15) is 0 Å². The SMILES string of the molecule is [B]c1ccsc1S(=O)(=O)Nc1noc(C)c1C. The zero-order chi connectivity index (χ0) is 12.6. The van der Waals surface area contributed by atoms with Gasteiger partial charge in [0.15, 0.2) is 5.82 Å². The maximum atomic E-state index is 12.0. The summed E-state index contributed by atoms with van der Waals surface area (Å²) < 4.78 is 31.3. The van der Waals surface area contributed by atoms with E-state index in [1.54, 1.807) is 25.3 Å². The number of nitrogens with one attached hydrogen (secondary N) is 1. The van der Waals surface area contributed by atoms with Crippen molar-refractivity contribution in [1.29, 1.82) is 0 Å². The number of sulfonamides is 1. The van der Waals surface area contributed by atoms with Crippen LogP contribution < -0.4 is 10.2 Å². The molecule has 0 aliphatic carbocycles. The van der Waals surface area contributed by atoms with Crippen LogP contribution in [-0.2, 0) is 10.0 Å². The molecule has 0 atom stereocenters. The van der Waals surface area contributed by atoms with Gasteiger partial charge in [0, 0.05) is 5.56 Å². The molecule has 0 fully saturated rings. The number of rotatable bonds is 3. The summed E-state index contributed by atoms with van der Waals surface area (Å²) in [5, 5.41) is 5.25. The molecule has 5 nitrogen and oxygen atoms in total. The number of aromatic nitrogens is 1. The number of anilines is 1. The zero-order valence-electron chi connectivity index (χ0n) is 9.22. The summed E-state index contributed by atoms with van der Waals surface area (Å²) in [5.74, 6) is 0.761. The van der Waals surface area contributed by atoms with Gasteiger partial charge in [0.2, 0.25) is 0 Å². The van der Waals surface area contributed by atoms with E-state index in [4.69, 9.17) is 12.4 Å². The second-order valence-electron chi connectivity index (χ2n) is 3.48. The van der Waals surface area contributed by atoms with Crippen molar-refractivity contribution in [2.24, 2.45) is 0 Å².